The lowest BCUT2D eigenvalue weighted by Gasteiger charge is -2.23. The molecule has 6 nitrogen and oxygen atoms in total. The molecule has 2 rings (SSSR count). The zero-order valence-corrected chi connectivity index (χ0v) is 13.0. The molecule has 0 aliphatic carbocycles. The molecule has 0 fully saturated rings. The van der Waals surface area contributed by atoms with Gasteiger partial charge in [-0.25, -0.2) is 4.68 Å². The minimum Gasteiger partial charge on any atom is -0.396 e. The lowest BCUT2D eigenvalue weighted by atomic mass is 9.90. The van der Waals surface area contributed by atoms with E-state index >= 15 is 0 Å². The molecular weight excluding hydrogens is 280 g/mol. The molecule has 0 unspecified atom stereocenters. The van der Waals surface area contributed by atoms with Gasteiger partial charge in [-0.3, -0.25) is 4.79 Å². The molecule has 0 atom stereocenters. The number of carbonyl (C=O) groups excluding carboxylic acids is 1. The van der Waals surface area contributed by atoms with E-state index in [1.54, 1.807) is 10.9 Å². The van der Waals surface area contributed by atoms with E-state index in [0.717, 1.165) is 5.56 Å². The third-order valence-electron chi connectivity index (χ3n) is 3.47. The Morgan fingerprint density at radius 3 is 2.73 bits per heavy atom. The minimum atomic E-state index is -0.245. The van der Waals surface area contributed by atoms with Crippen LogP contribution in [0.15, 0.2) is 36.5 Å². The van der Waals surface area contributed by atoms with Crippen LogP contribution >= 0.6 is 0 Å². The molecule has 6 heteroatoms. The third kappa shape index (κ3) is 4.66. The summed E-state index contributed by atoms with van der Waals surface area (Å²) in [5.74, 6) is -0.245. The first-order valence-electron chi connectivity index (χ1n) is 7.33. The van der Waals surface area contributed by atoms with Crippen LogP contribution in [0.4, 0.5) is 0 Å². The Morgan fingerprint density at radius 1 is 1.32 bits per heavy atom. The first-order chi connectivity index (χ1) is 10.5. The van der Waals surface area contributed by atoms with E-state index in [1.165, 1.54) is 0 Å². The normalized spacial score (nSPS) is 11.4. The second-order valence-corrected chi connectivity index (χ2v) is 6.11. The van der Waals surface area contributed by atoms with Crippen LogP contribution in [-0.2, 0) is 6.54 Å². The zero-order valence-electron chi connectivity index (χ0n) is 13.0. The summed E-state index contributed by atoms with van der Waals surface area (Å²) in [5, 5.41) is 19.7. The molecule has 0 radical (unpaired) electrons. The molecule has 2 aromatic rings. The monoisotopic (exact) mass is 302 g/mol. The first-order valence-corrected chi connectivity index (χ1v) is 7.33. The van der Waals surface area contributed by atoms with Crippen molar-refractivity contribution in [2.24, 2.45) is 5.41 Å². The highest BCUT2D eigenvalue weighted by Crippen LogP contribution is 2.18. The van der Waals surface area contributed by atoms with Gasteiger partial charge in [-0.1, -0.05) is 49.4 Å². The summed E-state index contributed by atoms with van der Waals surface area (Å²) in [5.41, 5.74) is 1.25. The number of aliphatic hydroxyl groups is 1. The Labute approximate surface area is 130 Å². The molecule has 0 saturated heterocycles. The average molecular weight is 302 g/mol. The Hall–Kier alpha value is -2.21. The molecule has 1 heterocycles. The van der Waals surface area contributed by atoms with E-state index < -0.39 is 0 Å². The quantitative estimate of drug-likeness (QED) is 0.811. The van der Waals surface area contributed by atoms with Crippen molar-refractivity contribution in [3.63, 3.8) is 0 Å². The lowest BCUT2D eigenvalue weighted by molar-refractivity contribution is 0.0923. The number of hydrogen-bond donors (Lipinski definition) is 2. The maximum atomic E-state index is 12.1. The van der Waals surface area contributed by atoms with Gasteiger partial charge in [0.05, 0.1) is 12.7 Å². The van der Waals surface area contributed by atoms with Gasteiger partial charge in [0, 0.05) is 13.2 Å². The van der Waals surface area contributed by atoms with Crippen molar-refractivity contribution >= 4 is 5.91 Å². The van der Waals surface area contributed by atoms with Crippen LogP contribution in [0.3, 0.4) is 0 Å². The molecule has 1 aromatic heterocycles. The molecular formula is C16H22N4O2. The summed E-state index contributed by atoms with van der Waals surface area (Å²) in [6, 6.07) is 9.88. The Balaban J connectivity index is 1.92. The fraction of sp³-hybridized carbons (Fsp3) is 0.438. The van der Waals surface area contributed by atoms with Crippen molar-refractivity contribution in [1.29, 1.82) is 0 Å². The van der Waals surface area contributed by atoms with Crippen LogP contribution in [0, 0.1) is 5.41 Å². The van der Waals surface area contributed by atoms with Crippen molar-refractivity contribution in [3.8, 4) is 0 Å². The number of carbonyl (C=O) groups is 1. The van der Waals surface area contributed by atoms with Gasteiger partial charge in [-0.05, 0) is 17.4 Å². The van der Waals surface area contributed by atoms with Crippen LogP contribution in [0.25, 0.3) is 0 Å². The number of hydrogen-bond acceptors (Lipinski definition) is 4. The number of rotatable bonds is 7. The Morgan fingerprint density at radius 2 is 2.05 bits per heavy atom. The number of aliphatic hydroxyl groups excluding tert-OH is 1. The second-order valence-electron chi connectivity index (χ2n) is 6.11. The van der Waals surface area contributed by atoms with E-state index in [4.69, 9.17) is 5.11 Å². The summed E-state index contributed by atoms with van der Waals surface area (Å²) in [4.78, 5) is 12.1. The number of amides is 1. The molecule has 0 saturated carbocycles. The molecule has 0 aliphatic heterocycles. The Bertz CT molecular complexity index is 608. The molecule has 118 valence electrons. The summed E-state index contributed by atoms with van der Waals surface area (Å²) in [6.07, 6.45) is 2.27. The fourth-order valence-corrected chi connectivity index (χ4v) is 2.05. The highest BCUT2D eigenvalue weighted by molar-refractivity contribution is 5.91. The molecule has 22 heavy (non-hydrogen) atoms. The predicted molar refractivity (Wildman–Crippen MR) is 83.4 cm³/mol. The van der Waals surface area contributed by atoms with Crippen LogP contribution in [0.1, 0.15) is 36.3 Å². The zero-order chi connectivity index (χ0) is 16.0. The molecule has 0 bridgehead atoms. The van der Waals surface area contributed by atoms with Crippen molar-refractivity contribution in [3.05, 3.63) is 47.8 Å². The molecule has 0 spiro atoms. The van der Waals surface area contributed by atoms with Gasteiger partial charge in [0.1, 0.15) is 0 Å². The second kappa shape index (κ2) is 7.17. The van der Waals surface area contributed by atoms with Crippen molar-refractivity contribution in [2.45, 2.75) is 26.8 Å². The van der Waals surface area contributed by atoms with Crippen LogP contribution < -0.4 is 5.32 Å². The van der Waals surface area contributed by atoms with Gasteiger partial charge in [0.15, 0.2) is 5.69 Å². The van der Waals surface area contributed by atoms with Crippen molar-refractivity contribution in [2.75, 3.05) is 13.2 Å². The number of nitrogens with one attached hydrogen (secondary N) is 1. The SMILES string of the molecule is CC(C)(CCO)CNC(=O)c1cn(Cc2ccccc2)nn1. The van der Waals surface area contributed by atoms with E-state index in [1.807, 2.05) is 44.2 Å². The van der Waals surface area contributed by atoms with Crippen LogP contribution in [0.5, 0.6) is 0 Å². The molecule has 2 N–H and O–H groups in total. The van der Waals surface area contributed by atoms with Gasteiger partial charge in [-0.15, -0.1) is 5.10 Å². The minimum absolute atomic E-state index is 0.107. The number of benzene rings is 1. The van der Waals surface area contributed by atoms with Gasteiger partial charge in [0.25, 0.3) is 5.91 Å². The Kier molecular flexibility index (Phi) is 5.27. The van der Waals surface area contributed by atoms with Gasteiger partial charge < -0.3 is 10.4 Å². The van der Waals surface area contributed by atoms with Gasteiger partial charge >= 0.3 is 0 Å². The van der Waals surface area contributed by atoms with E-state index in [0.29, 0.717) is 25.2 Å². The number of nitrogens with zero attached hydrogens (tertiary/aromatic N) is 3. The molecule has 1 amide bonds. The maximum absolute atomic E-state index is 12.1. The lowest BCUT2D eigenvalue weighted by Crippen LogP contribution is -2.34. The topological polar surface area (TPSA) is 80.0 Å². The highest BCUT2D eigenvalue weighted by Gasteiger charge is 2.19. The van der Waals surface area contributed by atoms with Crippen LogP contribution in [-0.4, -0.2) is 39.2 Å². The maximum Gasteiger partial charge on any atom is 0.273 e. The van der Waals surface area contributed by atoms with Gasteiger partial charge in [0.2, 0.25) is 0 Å². The smallest absolute Gasteiger partial charge is 0.273 e. The number of aromatic nitrogens is 3. The van der Waals surface area contributed by atoms with Crippen molar-refractivity contribution in [1.82, 2.24) is 20.3 Å². The van der Waals surface area contributed by atoms with Crippen LogP contribution in [0.2, 0.25) is 0 Å². The summed E-state index contributed by atoms with van der Waals surface area (Å²) in [6.45, 7) is 5.16. The summed E-state index contributed by atoms with van der Waals surface area (Å²) >= 11 is 0. The summed E-state index contributed by atoms with van der Waals surface area (Å²) < 4.78 is 1.64. The van der Waals surface area contributed by atoms with Crippen molar-refractivity contribution < 1.29 is 9.90 Å². The van der Waals surface area contributed by atoms with Gasteiger partial charge in [-0.2, -0.15) is 0 Å². The van der Waals surface area contributed by atoms with E-state index in [-0.39, 0.29) is 17.9 Å². The standard InChI is InChI=1S/C16H22N4O2/c1-16(2,8-9-21)12-17-15(22)14-11-20(19-18-14)10-13-6-4-3-5-7-13/h3-7,11,21H,8-10,12H2,1-2H3,(H,17,22). The highest BCUT2D eigenvalue weighted by atomic mass is 16.3. The van der Waals surface area contributed by atoms with E-state index in [9.17, 15) is 4.79 Å². The predicted octanol–water partition coefficient (Wildman–Crippen LogP) is 1.46. The van der Waals surface area contributed by atoms with E-state index in [2.05, 4.69) is 15.6 Å². The molecule has 0 aliphatic rings. The summed E-state index contributed by atoms with van der Waals surface area (Å²) in [7, 11) is 0. The molecule has 1 aromatic carbocycles. The fourth-order valence-electron chi connectivity index (χ4n) is 2.05. The third-order valence-corrected chi connectivity index (χ3v) is 3.47. The largest absolute Gasteiger partial charge is 0.396 e. The first kappa shape index (κ1) is 16.2. The average Bonchev–Trinajstić information content (AvgIpc) is 2.94.